The molecule has 0 saturated carbocycles. The molecule has 0 fully saturated rings. The Morgan fingerprint density at radius 3 is 2.80 bits per heavy atom. The van der Waals surface area contributed by atoms with Crippen LogP contribution in [0.5, 0.6) is 0 Å². The van der Waals surface area contributed by atoms with Crippen LogP contribution in [0.2, 0.25) is 0 Å². The minimum Gasteiger partial charge on any atom is -0.461 e. The Labute approximate surface area is 118 Å². The predicted octanol–water partition coefficient (Wildman–Crippen LogP) is 2.53. The Bertz CT molecular complexity index is 551. The Morgan fingerprint density at radius 2 is 2.10 bits per heavy atom. The molecule has 0 aliphatic carbocycles. The lowest BCUT2D eigenvalue weighted by atomic mass is 10.1. The van der Waals surface area contributed by atoms with E-state index in [9.17, 15) is 4.79 Å². The van der Waals surface area contributed by atoms with Crippen LogP contribution >= 0.6 is 0 Å². The Balaban J connectivity index is 1.92. The van der Waals surface area contributed by atoms with E-state index in [4.69, 9.17) is 9.15 Å². The second-order valence-corrected chi connectivity index (χ2v) is 4.39. The molecule has 106 valence electrons. The summed E-state index contributed by atoms with van der Waals surface area (Å²) in [7, 11) is 1.88. The molecule has 5 heteroatoms. The number of esters is 1. The minimum absolute atomic E-state index is 0.202. The molecule has 0 aliphatic heterocycles. The molecule has 0 amide bonds. The maximum Gasteiger partial charge on any atom is 0.360 e. The monoisotopic (exact) mass is 274 g/mol. The molecular formula is C15H18N2O3. The van der Waals surface area contributed by atoms with Crippen molar-refractivity contribution in [2.45, 2.75) is 13.3 Å². The first-order valence-electron chi connectivity index (χ1n) is 6.58. The third-order valence-corrected chi connectivity index (χ3v) is 2.88. The number of anilines is 1. The van der Waals surface area contributed by atoms with Crippen molar-refractivity contribution in [2.75, 3.05) is 25.1 Å². The summed E-state index contributed by atoms with van der Waals surface area (Å²) >= 11 is 0. The number of aromatic nitrogens is 1. The van der Waals surface area contributed by atoms with Crippen LogP contribution in [0, 0.1) is 0 Å². The SMILES string of the molecule is CCOC(=O)c1coc(N(C)CCc2ccccc2)n1. The van der Waals surface area contributed by atoms with Crippen LogP contribution in [0.4, 0.5) is 6.01 Å². The van der Waals surface area contributed by atoms with Gasteiger partial charge < -0.3 is 14.1 Å². The van der Waals surface area contributed by atoms with E-state index in [-0.39, 0.29) is 5.69 Å². The third kappa shape index (κ3) is 3.60. The van der Waals surface area contributed by atoms with Gasteiger partial charge in [0.05, 0.1) is 6.61 Å². The van der Waals surface area contributed by atoms with E-state index in [1.54, 1.807) is 6.92 Å². The van der Waals surface area contributed by atoms with Gasteiger partial charge in [-0.05, 0) is 18.9 Å². The zero-order chi connectivity index (χ0) is 14.4. The number of hydrogen-bond acceptors (Lipinski definition) is 5. The lowest BCUT2D eigenvalue weighted by molar-refractivity contribution is 0.0519. The van der Waals surface area contributed by atoms with Gasteiger partial charge in [-0.25, -0.2) is 4.79 Å². The highest BCUT2D eigenvalue weighted by atomic mass is 16.5. The highest BCUT2D eigenvalue weighted by Gasteiger charge is 2.15. The Kier molecular flexibility index (Phi) is 4.76. The van der Waals surface area contributed by atoms with E-state index in [1.807, 2.05) is 30.1 Å². The van der Waals surface area contributed by atoms with E-state index in [0.717, 1.165) is 13.0 Å². The second-order valence-electron chi connectivity index (χ2n) is 4.39. The van der Waals surface area contributed by atoms with Crippen LogP contribution in [0.3, 0.4) is 0 Å². The lowest BCUT2D eigenvalue weighted by Gasteiger charge is -2.13. The smallest absolute Gasteiger partial charge is 0.360 e. The van der Waals surface area contributed by atoms with Gasteiger partial charge in [0.1, 0.15) is 6.26 Å². The quantitative estimate of drug-likeness (QED) is 0.758. The zero-order valence-corrected chi connectivity index (χ0v) is 11.7. The van der Waals surface area contributed by atoms with Crippen molar-refractivity contribution in [3.63, 3.8) is 0 Å². The van der Waals surface area contributed by atoms with Crippen molar-refractivity contribution in [3.8, 4) is 0 Å². The van der Waals surface area contributed by atoms with Gasteiger partial charge in [-0.1, -0.05) is 30.3 Å². The van der Waals surface area contributed by atoms with Gasteiger partial charge in [0.25, 0.3) is 6.01 Å². The fraction of sp³-hybridized carbons (Fsp3) is 0.333. The molecule has 0 radical (unpaired) electrons. The predicted molar refractivity (Wildman–Crippen MR) is 75.9 cm³/mol. The summed E-state index contributed by atoms with van der Waals surface area (Å²) in [5, 5.41) is 0. The molecule has 0 aliphatic rings. The van der Waals surface area contributed by atoms with E-state index in [1.165, 1.54) is 11.8 Å². The number of ether oxygens (including phenoxy) is 1. The van der Waals surface area contributed by atoms with E-state index >= 15 is 0 Å². The number of likely N-dealkylation sites (N-methyl/N-ethyl adjacent to an activating group) is 1. The molecule has 0 bridgehead atoms. The van der Waals surface area contributed by atoms with Crippen molar-refractivity contribution in [3.05, 3.63) is 47.9 Å². The van der Waals surface area contributed by atoms with Crippen molar-refractivity contribution < 1.29 is 13.9 Å². The van der Waals surface area contributed by atoms with Crippen molar-refractivity contribution >= 4 is 12.0 Å². The minimum atomic E-state index is -0.459. The van der Waals surface area contributed by atoms with E-state index in [0.29, 0.717) is 12.6 Å². The van der Waals surface area contributed by atoms with Gasteiger partial charge in [-0.15, -0.1) is 0 Å². The van der Waals surface area contributed by atoms with Crippen LogP contribution in [-0.4, -0.2) is 31.2 Å². The molecule has 0 N–H and O–H groups in total. The molecule has 20 heavy (non-hydrogen) atoms. The maximum atomic E-state index is 11.5. The average Bonchev–Trinajstić information content (AvgIpc) is 2.96. The number of oxazole rings is 1. The number of benzene rings is 1. The zero-order valence-electron chi connectivity index (χ0n) is 11.7. The van der Waals surface area contributed by atoms with Crippen LogP contribution in [0.1, 0.15) is 23.0 Å². The largest absolute Gasteiger partial charge is 0.461 e. The molecule has 2 rings (SSSR count). The highest BCUT2D eigenvalue weighted by Crippen LogP contribution is 2.13. The van der Waals surface area contributed by atoms with Gasteiger partial charge in [0.2, 0.25) is 0 Å². The number of rotatable bonds is 6. The van der Waals surface area contributed by atoms with Crippen LogP contribution in [-0.2, 0) is 11.2 Å². The molecular weight excluding hydrogens is 256 g/mol. The normalized spacial score (nSPS) is 10.3. The first-order chi connectivity index (χ1) is 9.70. The van der Waals surface area contributed by atoms with Gasteiger partial charge in [-0.2, -0.15) is 4.98 Å². The topological polar surface area (TPSA) is 55.6 Å². The molecule has 2 aromatic rings. The number of nitrogens with zero attached hydrogens (tertiary/aromatic N) is 2. The van der Waals surface area contributed by atoms with Gasteiger partial charge in [0, 0.05) is 13.6 Å². The third-order valence-electron chi connectivity index (χ3n) is 2.88. The molecule has 0 atom stereocenters. The summed E-state index contributed by atoms with van der Waals surface area (Å²) in [5.41, 5.74) is 1.45. The lowest BCUT2D eigenvalue weighted by Crippen LogP contribution is -2.20. The summed E-state index contributed by atoms with van der Waals surface area (Å²) in [6, 6.07) is 10.6. The van der Waals surface area contributed by atoms with Crippen molar-refractivity contribution in [1.29, 1.82) is 0 Å². The first kappa shape index (κ1) is 14.1. The molecule has 0 spiro atoms. The summed E-state index contributed by atoms with van der Waals surface area (Å²) < 4.78 is 10.2. The van der Waals surface area contributed by atoms with Crippen LogP contribution in [0.25, 0.3) is 0 Å². The highest BCUT2D eigenvalue weighted by molar-refractivity contribution is 5.87. The van der Waals surface area contributed by atoms with Crippen LogP contribution in [0.15, 0.2) is 41.0 Å². The fourth-order valence-electron chi connectivity index (χ4n) is 1.78. The maximum absolute atomic E-state index is 11.5. The summed E-state index contributed by atoms with van der Waals surface area (Å²) in [6.07, 6.45) is 2.21. The molecule has 1 aromatic carbocycles. The standard InChI is InChI=1S/C15H18N2O3/c1-3-19-14(18)13-11-20-15(16-13)17(2)10-9-12-7-5-4-6-8-12/h4-8,11H,3,9-10H2,1-2H3. The van der Waals surface area contributed by atoms with Gasteiger partial charge in [-0.3, -0.25) is 0 Å². The Hall–Kier alpha value is -2.30. The Morgan fingerprint density at radius 1 is 1.35 bits per heavy atom. The summed E-state index contributed by atoms with van der Waals surface area (Å²) in [4.78, 5) is 17.5. The van der Waals surface area contributed by atoms with Gasteiger partial charge in [0.15, 0.2) is 5.69 Å². The number of carbonyl (C=O) groups excluding carboxylic acids is 1. The fourth-order valence-corrected chi connectivity index (χ4v) is 1.78. The second kappa shape index (κ2) is 6.75. The summed E-state index contributed by atoms with van der Waals surface area (Å²) in [5.74, 6) is -0.459. The molecule has 0 unspecified atom stereocenters. The molecule has 1 aromatic heterocycles. The molecule has 1 heterocycles. The van der Waals surface area contributed by atoms with Crippen molar-refractivity contribution in [2.24, 2.45) is 0 Å². The summed E-state index contributed by atoms with van der Waals surface area (Å²) in [6.45, 7) is 2.84. The van der Waals surface area contributed by atoms with E-state index < -0.39 is 5.97 Å². The first-order valence-corrected chi connectivity index (χ1v) is 6.58. The van der Waals surface area contributed by atoms with Crippen molar-refractivity contribution in [1.82, 2.24) is 4.98 Å². The molecule has 0 saturated heterocycles. The number of carbonyl (C=O) groups is 1. The number of hydrogen-bond donors (Lipinski definition) is 0. The average molecular weight is 274 g/mol. The van der Waals surface area contributed by atoms with Crippen LogP contribution < -0.4 is 4.90 Å². The van der Waals surface area contributed by atoms with Gasteiger partial charge >= 0.3 is 5.97 Å². The molecule has 5 nitrogen and oxygen atoms in total. The van der Waals surface area contributed by atoms with E-state index in [2.05, 4.69) is 17.1 Å².